The molecule has 17 heavy (non-hydrogen) atoms. The van der Waals surface area contributed by atoms with Gasteiger partial charge in [-0.05, 0) is 37.3 Å². The van der Waals surface area contributed by atoms with E-state index in [0.717, 1.165) is 0 Å². The first-order valence-corrected chi connectivity index (χ1v) is 5.99. The summed E-state index contributed by atoms with van der Waals surface area (Å²) in [6.07, 6.45) is 0. The Hall–Kier alpha value is -0.910. The first-order valence-electron chi connectivity index (χ1n) is 5.20. The molecule has 0 saturated carbocycles. The summed E-state index contributed by atoms with van der Waals surface area (Å²) in [4.78, 5) is 1.78. The lowest BCUT2D eigenvalue weighted by Gasteiger charge is -2.23. The summed E-state index contributed by atoms with van der Waals surface area (Å²) in [5.74, 6) is -0.496. The van der Waals surface area contributed by atoms with Crippen LogP contribution in [-0.4, -0.2) is 34.8 Å². The summed E-state index contributed by atoms with van der Waals surface area (Å²) in [6.45, 7) is 3.05. The van der Waals surface area contributed by atoms with Gasteiger partial charge in [-0.15, -0.1) is 0 Å². The fourth-order valence-electron chi connectivity index (χ4n) is 1.30. The molecule has 1 rings (SSSR count). The van der Waals surface area contributed by atoms with Crippen LogP contribution < -0.4 is 5.32 Å². The second-order valence-electron chi connectivity index (χ2n) is 3.36. The fraction of sp³-hybridized carbons (Fsp3) is 0.364. The molecular formula is C11H14ClFN2OS. The van der Waals surface area contributed by atoms with Crippen LogP contribution in [0.2, 0.25) is 5.02 Å². The maximum Gasteiger partial charge on any atom is 0.173 e. The van der Waals surface area contributed by atoms with E-state index in [-0.39, 0.29) is 11.6 Å². The number of hydrogen-bond acceptors (Lipinski definition) is 2. The number of nitrogens with one attached hydrogen (secondary N) is 1. The Morgan fingerprint density at radius 1 is 1.59 bits per heavy atom. The summed E-state index contributed by atoms with van der Waals surface area (Å²) < 4.78 is 13.2. The summed E-state index contributed by atoms with van der Waals surface area (Å²) in [7, 11) is 0. The van der Waals surface area contributed by atoms with E-state index >= 15 is 0 Å². The van der Waals surface area contributed by atoms with Crippen LogP contribution in [-0.2, 0) is 0 Å². The zero-order valence-electron chi connectivity index (χ0n) is 9.41. The van der Waals surface area contributed by atoms with Gasteiger partial charge >= 0.3 is 0 Å². The van der Waals surface area contributed by atoms with E-state index in [4.69, 9.17) is 28.9 Å². The number of aliphatic hydroxyl groups excluding tert-OH is 1. The molecule has 94 valence electrons. The highest BCUT2D eigenvalue weighted by Crippen LogP contribution is 2.18. The molecule has 0 atom stereocenters. The van der Waals surface area contributed by atoms with Gasteiger partial charge in [0.05, 0.1) is 11.6 Å². The predicted octanol–water partition coefficient (Wildman–Crippen LogP) is 2.49. The third-order valence-corrected chi connectivity index (χ3v) is 2.88. The Kier molecular flexibility index (Phi) is 5.61. The fourth-order valence-corrected chi connectivity index (χ4v) is 1.76. The van der Waals surface area contributed by atoms with Crippen molar-refractivity contribution < 1.29 is 9.50 Å². The van der Waals surface area contributed by atoms with Crippen molar-refractivity contribution in [1.82, 2.24) is 4.90 Å². The average molecular weight is 277 g/mol. The van der Waals surface area contributed by atoms with Crippen molar-refractivity contribution in [2.45, 2.75) is 6.92 Å². The molecule has 0 aliphatic carbocycles. The number of nitrogens with zero attached hydrogens (tertiary/aromatic N) is 1. The Bertz CT molecular complexity index is 403. The predicted molar refractivity (Wildman–Crippen MR) is 72.0 cm³/mol. The number of hydrogen-bond donors (Lipinski definition) is 2. The second-order valence-corrected chi connectivity index (χ2v) is 4.16. The van der Waals surface area contributed by atoms with Crippen LogP contribution in [0.1, 0.15) is 6.92 Å². The Balaban J connectivity index is 2.69. The molecule has 6 heteroatoms. The van der Waals surface area contributed by atoms with Gasteiger partial charge in [0.1, 0.15) is 5.82 Å². The van der Waals surface area contributed by atoms with Crippen molar-refractivity contribution in [3.05, 3.63) is 29.0 Å². The van der Waals surface area contributed by atoms with Crippen molar-refractivity contribution in [2.75, 3.05) is 25.0 Å². The Morgan fingerprint density at radius 3 is 2.82 bits per heavy atom. The molecule has 1 aromatic carbocycles. The summed E-state index contributed by atoms with van der Waals surface area (Å²) in [5.41, 5.74) is 0.535. The highest BCUT2D eigenvalue weighted by molar-refractivity contribution is 7.80. The molecule has 2 N–H and O–H groups in total. The number of halogens is 2. The molecule has 0 unspecified atom stereocenters. The average Bonchev–Trinajstić information content (AvgIpc) is 2.30. The molecule has 0 aromatic heterocycles. The monoisotopic (exact) mass is 276 g/mol. The lowest BCUT2D eigenvalue weighted by Crippen LogP contribution is -2.36. The molecule has 0 heterocycles. The number of benzene rings is 1. The smallest absolute Gasteiger partial charge is 0.173 e. The normalized spacial score (nSPS) is 10.1. The molecule has 0 fully saturated rings. The second kappa shape index (κ2) is 6.74. The van der Waals surface area contributed by atoms with Gasteiger partial charge in [0.2, 0.25) is 0 Å². The van der Waals surface area contributed by atoms with Crippen LogP contribution >= 0.6 is 23.8 Å². The van der Waals surface area contributed by atoms with Gasteiger partial charge in [0.15, 0.2) is 5.11 Å². The largest absolute Gasteiger partial charge is 0.395 e. The van der Waals surface area contributed by atoms with Gasteiger partial charge in [-0.3, -0.25) is 0 Å². The van der Waals surface area contributed by atoms with Crippen LogP contribution in [0.4, 0.5) is 10.1 Å². The lowest BCUT2D eigenvalue weighted by molar-refractivity contribution is 0.254. The van der Waals surface area contributed by atoms with Gasteiger partial charge in [0, 0.05) is 18.8 Å². The zero-order chi connectivity index (χ0) is 12.8. The van der Waals surface area contributed by atoms with E-state index in [1.165, 1.54) is 12.1 Å². The summed E-state index contributed by atoms with van der Waals surface area (Å²) >= 11 is 10.7. The van der Waals surface area contributed by atoms with Crippen LogP contribution in [0.15, 0.2) is 18.2 Å². The molecule has 1 aromatic rings. The molecule has 0 amide bonds. The molecule has 0 aliphatic heterocycles. The van der Waals surface area contributed by atoms with Gasteiger partial charge in [-0.2, -0.15) is 0 Å². The molecule has 3 nitrogen and oxygen atoms in total. The van der Waals surface area contributed by atoms with E-state index in [0.29, 0.717) is 23.9 Å². The highest BCUT2D eigenvalue weighted by atomic mass is 35.5. The summed E-state index contributed by atoms with van der Waals surface area (Å²) in [5, 5.41) is 12.3. The molecule has 0 radical (unpaired) electrons. The van der Waals surface area contributed by atoms with Crippen LogP contribution in [0, 0.1) is 5.82 Å². The third-order valence-electron chi connectivity index (χ3n) is 2.21. The minimum absolute atomic E-state index is 0.0185. The van der Waals surface area contributed by atoms with Crippen molar-refractivity contribution in [3.63, 3.8) is 0 Å². The van der Waals surface area contributed by atoms with E-state index < -0.39 is 5.82 Å². The highest BCUT2D eigenvalue weighted by Gasteiger charge is 2.08. The number of thiocarbonyl (C=S) groups is 1. The van der Waals surface area contributed by atoms with E-state index in [1.54, 1.807) is 11.0 Å². The molecule has 0 spiro atoms. The zero-order valence-corrected chi connectivity index (χ0v) is 11.0. The number of aliphatic hydroxyl groups is 1. The van der Waals surface area contributed by atoms with Crippen molar-refractivity contribution in [3.8, 4) is 0 Å². The molecular weight excluding hydrogens is 263 g/mol. The van der Waals surface area contributed by atoms with Crippen LogP contribution in [0.5, 0.6) is 0 Å². The minimum Gasteiger partial charge on any atom is -0.395 e. The molecule has 0 aliphatic rings. The maximum atomic E-state index is 13.2. The number of anilines is 1. The molecule has 0 saturated heterocycles. The van der Waals surface area contributed by atoms with Crippen molar-refractivity contribution in [1.29, 1.82) is 0 Å². The third kappa shape index (κ3) is 4.11. The van der Waals surface area contributed by atoms with Crippen molar-refractivity contribution >= 4 is 34.6 Å². The first kappa shape index (κ1) is 14.2. The van der Waals surface area contributed by atoms with Gasteiger partial charge in [0.25, 0.3) is 0 Å². The van der Waals surface area contributed by atoms with Crippen LogP contribution in [0.25, 0.3) is 0 Å². The van der Waals surface area contributed by atoms with Gasteiger partial charge < -0.3 is 15.3 Å². The van der Waals surface area contributed by atoms with Gasteiger partial charge in [-0.1, -0.05) is 11.6 Å². The molecule has 0 bridgehead atoms. The Labute approximate surface area is 110 Å². The quantitative estimate of drug-likeness (QED) is 0.829. The van der Waals surface area contributed by atoms with E-state index in [1.807, 2.05) is 6.92 Å². The minimum atomic E-state index is -0.496. The van der Waals surface area contributed by atoms with Gasteiger partial charge in [-0.25, -0.2) is 4.39 Å². The topological polar surface area (TPSA) is 35.5 Å². The number of likely N-dealkylation sites (N-methyl/N-ethyl adjacent to an activating group) is 1. The summed E-state index contributed by atoms with van der Waals surface area (Å²) in [6, 6.07) is 4.39. The standard InChI is InChI=1S/C11H14ClFN2OS/c1-2-15(5-6-16)11(17)14-8-3-4-9(12)10(13)7-8/h3-4,7,16H,2,5-6H2,1H3,(H,14,17). The van der Waals surface area contributed by atoms with E-state index in [2.05, 4.69) is 5.32 Å². The van der Waals surface area contributed by atoms with Crippen molar-refractivity contribution in [2.24, 2.45) is 0 Å². The Morgan fingerprint density at radius 2 is 2.29 bits per heavy atom. The lowest BCUT2D eigenvalue weighted by atomic mass is 10.3. The maximum absolute atomic E-state index is 13.2. The SMILES string of the molecule is CCN(CCO)C(=S)Nc1ccc(Cl)c(F)c1. The first-order chi connectivity index (χ1) is 8.08. The number of rotatable bonds is 4. The van der Waals surface area contributed by atoms with Crippen LogP contribution in [0.3, 0.4) is 0 Å². The van der Waals surface area contributed by atoms with E-state index in [9.17, 15) is 4.39 Å².